The lowest BCUT2D eigenvalue weighted by Gasteiger charge is -2.10. The zero-order chi connectivity index (χ0) is 12.8. The molecule has 1 aromatic heterocycles. The minimum atomic E-state index is -0.861. The van der Waals surface area contributed by atoms with Gasteiger partial charge in [-0.15, -0.1) is 10.2 Å². The van der Waals surface area contributed by atoms with Gasteiger partial charge in [0.15, 0.2) is 5.16 Å². The smallest absolute Gasteiger partial charge is 0.313 e. The molecule has 0 atom stereocenters. The number of hydrogen-bond donors (Lipinski definition) is 1. The molecule has 0 spiro atoms. The van der Waals surface area contributed by atoms with E-state index in [0.29, 0.717) is 18.3 Å². The first-order valence-electron chi connectivity index (χ1n) is 5.36. The summed E-state index contributed by atoms with van der Waals surface area (Å²) in [6.07, 6.45) is 0.182. The number of nitrogens with zero attached hydrogens (tertiary/aromatic N) is 3. The molecule has 0 saturated heterocycles. The van der Waals surface area contributed by atoms with Crippen LogP contribution in [0.4, 0.5) is 0 Å². The third-order valence-corrected chi connectivity index (χ3v) is 2.94. The van der Waals surface area contributed by atoms with Gasteiger partial charge in [-0.1, -0.05) is 11.8 Å². The van der Waals surface area contributed by atoms with Gasteiger partial charge in [-0.05, 0) is 20.8 Å². The molecule has 0 unspecified atom stereocenters. The molecule has 1 aromatic rings. The fraction of sp³-hybridized carbons (Fsp3) is 0.700. The Morgan fingerprint density at radius 3 is 2.82 bits per heavy atom. The quantitative estimate of drug-likeness (QED) is 0.741. The molecule has 0 amide bonds. The molecule has 0 radical (unpaired) electrons. The number of rotatable bonds is 7. The number of ether oxygens (including phenoxy) is 1. The van der Waals surface area contributed by atoms with Crippen LogP contribution in [0.5, 0.6) is 0 Å². The number of carboxylic acids is 1. The van der Waals surface area contributed by atoms with Crippen LogP contribution in [-0.2, 0) is 16.1 Å². The van der Waals surface area contributed by atoms with E-state index in [4.69, 9.17) is 9.84 Å². The van der Waals surface area contributed by atoms with Crippen LogP contribution in [0, 0.1) is 6.92 Å². The van der Waals surface area contributed by atoms with Crippen molar-refractivity contribution in [2.24, 2.45) is 0 Å². The molecule has 0 saturated carbocycles. The molecule has 6 nitrogen and oxygen atoms in total. The Morgan fingerprint density at radius 2 is 2.24 bits per heavy atom. The average Bonchev–Trinajstić information content (AvgIpc) is 2.57. The van der Waals surface area contributed by atoms with Gasteiger partial charge in [-0.25, -0.2) is 0 Å². The topological polar surface area (TPSA) is 77.2 Å². The zero-order valence-electron chi connectivity index (χ0n) is 10.2. The Balaban J connectivity index is 2.56. The fourth-order valence-electron chi connectivity index (χ4n) is 1.23. The molecule has 0 aliphatic rings. The lowest BCUT2D eigenvalue weighted by molar-refractivity contribution is -0.133. The molecule has 17 heavy (non-hydrogen) atoms. The lowest BCUT2D eigenvalue weighted by atomic mass is 10.5. The Labute approximate surface area is 104 Å². The summed E-state index contributed by atoms with van der Waals surface area (Å²) < 4.78 is 7.32. The molecule has 0 bridgehead atoms. The maximum atomic E-state index is 10.5. The Hall–Kier alpha value is -1.08. The minimum absolute atomic E-state index is 0.0107. The van der Waals surface area contributed by atoms with Crippen LogP contribution < -0.4 is 0 Å². The van der Waals surface area contributed by atoms with Gasteiger partial charge in [-0.3, -0.25) is 4.79 Å². The predicted molar refractivity (Wildman–Crippen MR) is 64.2 cm³/mol. The van der Waals surface area contributed by atoms with Crippen molar-refractivity contribution in [1.29, 1.82) is 0 Å². The molecule has 7 heteroatoms. The van der Waals surface area contributed by atoms with Gasteiger partial charge in [-0.2, -0.15) is 0 Å². The van der Waals surface area contributed by atoms with Crippen molar-refractivity contribution in [1.82, 2.24) is 14.8 Å². The monoisotopic (exact) mass is 259 g/mol. The number of hydrogen-bond acceptors (Lipinski definition) is 5. The second-order valence-corrected chi connectivity index (χ2v) is 4.73. The number of aliphatic carboxylic acids is 1. The number of aryl methyl sites for hydroxylation is 1. The van der Waals surface area contributed by atoms with Crippen molar-refractivity contribution < 1.29 is 14.6 Å². The van der Waals surface area contributed by atoms with Crippen LogP contribution >= 0.6 is 11.8 Å². The van der Waals surface area contributed by atoms with Crippen molar-refractivity contribution in [3.05, 3.63) is 5.82 Å². The molecule has 1 rings (SSSR count). The SMILES string of the molecule is Cc1nnc(SCC(=O)O)n1CCOC(C)C. The van der Waals surface area contributed by atoms with Crippen LogP contribution in [0.3, 0.4) is 0 Å². The summed E-state index contributed by atoms with van der Waals surface area (Å²) in [5.74, 6) is -0.103. The Kier molecular flexibility index (Phi) is 5.43. The van der Waals surface area contributed by atoms with Crippen molar-refractivity contribution in [2.75, 3.05) is 12.4 Å². The summed E-state index contributed by atoms with van der Waals surface area (Å²) in [7, 11) is 0. The molecule has 0 fully saturated rings. The summed E-state index contributed by atoms with van der Waals surface area (Å²) in [4.78, 5) is 10.5. The maximum Gasteiger partial charge on any atom is 0.313 e. The lowest BCUT2D eigenvalue weighted by Crippen LogP contribution is -2.12. The standard InChI is InChI=1S/C10H17N3O3S/c1-7(2)16-5-4-13-8(3)11-12-10(13)17-6-9(14)15/h7H,4-6H2,1-3H3,(H,14,15). The van der Waals surface area contributed by atoms with Crippen LogP contribution in [0.2, 0.25) is 0 Å². The highest BCUT2D eigenvalue weighted by Gasteiger charge is 2.11. The van der Waals surface area contributed by atoms with E-state index in [1.807, 2.05) is 25.3 Å². The summed E-state index contributed by atoms with van der Waals surface area (Å²) in [5, 5.41) is 17.1. The van der Waals surface area contributed by atoms with Crippen LogP contribution in [0.25, 0.3) is 0 Å². The average molecular weight is 259 g/mol. The normalized spacial score (nSPS) is 11.1. The van der Waals surface area contributed by atoms with Gasteiger partial charge in [0, 0.05) is 6.54 Å². The Morgan fingerprint density at radius 1 is 1.53 bits per heavy atom. The third kappa shape index (κ3) is 4.74. The van der Waals surface area contributed by atoms with E-state index in [-0.39, 0.29) is 11.9 Å². The Bertz CT molecular complexity index is 379. The fourth-order valence-corrected chi connectivity index (χ4v) is 1.96. The van der Waals surface area contributed by atoms with Crippen LogP contribution in [0.15, 0.2) is 5.16 Å². The molecule has 96 valence electrons. The second-order valence-electron chi connectivity index (χ2n) is 3.78. The molecule has 0 aliphatic carbocycles. The summed E-state index contributed by atoms with van der Waals surface area (Å²) in [5.41, 5.74) is 0. The largest absolute Gasteiger partial charge is 0.481 e. The van der Waals surface area contributed by atoms with Crippen LogP contribution in [0.1, 0.15) is 19.7 Å². The van der Waals surface area contributed by atoms with Gasteiger partial charge in [0.05, 0.1) is 18.5 Å². The maximum absolute atomic E-state index is 10.5. The van der Waals surface area contributed by atoms with Crippen molar-refractivity contribution in [3.8, 4) is 0 Å². The van der Waals surface area contributed by atoms with E-state index in [2.05, 4.69) is 10.2 Å². The highest BCUT2D eigenvalue weighted by atomic mass is 32.2. The van der Waals surface area contributed by atoms with Crippen molar-refractivity contribution in [2.45, 2.75) is 38.6 Å². The van der Waals surface area contributed by atoms with Gasteiger partial charge >= 0.3 is 5.97 Å². The molecular formula is C10H17N3O3S. The van der Waals surface area contributed by atoms with E-state index in [9.17, 15) is 4.79 Å². The highest BCUT2D eigenvalue weighted by molar-refractivity contribution is 7.99. The van der Waals surface area contributed by atoms with E-state index < -0.39 is 5.97 Å². The first-order chi connectivity index (χ1) is 8.00. The van der Waals surface area contributed by atoms with E-state index in [1.54, 1.807) is 0 Å². The van der Waals surface area contributed by atoms with E-state index >= 15 is 0 Å². The van der Waals surface area contributed by atoms with E-state index in [0.717, 1.165) is 5.82 Å². The van der Waals surface area contributed by atoms with Gasteiger partial charge in [0.25, 0.3) is 0 Å². The zero-order valence-corrected chi connectivity index (χ0v) is 11.0. The van der Waals surface area contributed by atoms with E-state index in [1.165, 1.54) is 11.8 Å². The molecular weight excluding hydrogens is 242 g/mol. The van der Waals surface area contributed by atoms with Gasteiger partial charge < -0.3 is 14.4 Å². The minimum Gasteiger partial charge on any atom is -0.481 e. The van der Waals surface area contributed by atoms with Crippen LogP contribution in [-0.4, -0.2) is 44.3 Å². The first kappa shape index (κ1) is 14.0. The predicted octanol–water partition coefficient (Wildman–Crippen LogP) is 1.19. The van der Waals surface area contributed by atoms with Crippen molar-refractivity contribution in [3.63, 3.8) is 0 Å². The highest BCUT2D eigenvalue weighted by Crippen LogP contribution is 2.16. The molecule has 1 heterocycles. The number of aromatic nitrogens is 3. The summed E-state index contributed by atoms with van der Waals surface area (Å²) in [6, 6.07) is 0. The molecule has 0 aromatic carbocycles. The van der Waals surface area contributed by atoms with Crippen molar-refractivity contribution >= 4 is 17.7 Å². The number of thioether (sulfide) groups is 1. The summed E-state index contributed by atoms with van der Waals surface area (Å²) >= 11 is 1.17. The van der Waals surface area contributed by atoms with Gasteiger partial charge in [0.1, 0.15) is 5.82 Å². The molecule has 1 N–H and O–H groups in total. The number of carbonyl (C=O) groups is 1. The number of carboxylic acid groups (broad SMARTS) is 1. The second kappa shape index (κ2) is 6.61. The van der Waals surface area contributed by atoms with Gasteiger partial charge in [0.2, 0.25) is 0 Å². The summed E-state index contributed by atoms with van der Waals surface area (Å²) in [6.45, 7) is 6.99. The molecule has 0 aliphatic heterocycles. The third-order valence-electron chi connectivity index (χ3n) is 1.99. The first-order valence-corrected chi connectivity index (χ1v) is 6.35.